The fraction of sp³-hybridized carbons (Fsp3) is 0.923. The highest BCUT2D eigenvalue weighted by Crippen LogP contribution is 2.10. The molecular weight excluding hydrogens is 371 g/mol. The van der Waals surface area contributed by atoms with E-state index in [0.29, 0.717) is 6.10 Å². The molecule has 2 aliphatic heterocycles. The van der Waals surface area contributed by atoms with Crippen molar-refractivity contribution in [1.29, 1.82) is 0 Å². The van der Waals surface area contributed by atoms with Gasteiger partial charge >= 0.3 is 0 Å². The molecule has 2 atom stereocenters. The molecular formula is C13H27IN4O2. The van der Waals surface area contributed by atoms with Gasteiger partial charge in [0.15, 0.2) is 5.96 Å². The maximum atomic E-state index is 5.71. The molecule has 2 fully saturated rings. The first-order chi connectivity index (χ1) is 9.28. The number of nitrogens with zero attached hydrogens (tertiary/aromatic N) is 2. The highest BCUT2D eigenvalue weighted by Gasteiger charge is 2.18. The number of hydrogen-bond acceptors (Lipinski definition) is 4. The number of halogens is 1. The Kier molecular flexibility index (Phi) is 8.74. The van der Waals surface area contributed by atoms with Crippen molar-refractivity contribution in [3.05, 3.63) is 0 Å². The average Bonchev–Trinajstić information content (AvgIpc) is 2.92. The molecule has 0 aromatic carbocycles. The van der Waals surface area contributed by atoms with E-state index in [2.05, 4.69) is 27.6 Å². The van der Waals surface area contributed by atoms with Gasteiger partial charge in [0, 0.05) is 39.8 Å². The summed E-state index contributed by atoms with van der Waals surface area (Å²) in [6, 6.07) is 0. The minimum Gasteiger partial charge on any atom is -0.376 e. The van der Waals surface area contributed by atoms with Gasteiger partial charge in [-0.2, -0.15) is 0 Å². The smallest absolute Gasteiger partial charge is 0.191 e. The Balaban J connectivity index is 0.00000200. The molecule has 6 nitrogen and oxygen atoms in total. The zero-order valence-corrected chi connectivity index (χ0v) is 14.8. The Morgan fingerprint density at radius 1 is 1.20 bits per heavy atom. The van der Waals surface area contributed by atoms with Crippen LogP contribution >= 0.6 is 24.0 Å². The summed E-state index contributed by atoms with van der Waals surface area (Å²) in [7, 11) is 3.92. The van der Waals surface area contributed by atoms with Gasteiger partial charge in [0.1, 0.15) is 0 Å². The van der Waals surface area contributed by atoms with Crippen molar-refractivity contribution >= 4 is 29.9 Å². The summed E-state index contributed by atoms with van der Waals surface area (Å²) < 4.78 is 11.3. The van der Waals surface area contributed by atoms with E-state index < -0.39 is 0 Å². The SMILES string of the molecule is CN=C(NCC1CCCO1)NCC1CN(C)CCO1.I. The Morgan fingerprint density at radius 3 is 2.50 bits per heavy atom. The zero-order chi connectivity index (χ0) is 13.5. The molecule has 0 aromatic heterocycles. The molecule has 0 aliphatic carbocycles. The largest absolute Gasteiger partial charge is 0.376 e. The number of likely N-dealkylation sites (N-methyl/N-ethyl adjacent to an activating group) is 1. The van der Waals surface area contributed by atoms with Crippen molar-refractivity contribution in [2.24, 2.45) is 4.99 Å². The Morgan fingerprint density at radius 2 is 1.90 bits per heavy atom. The predicted octanol–water partition coefficient (Wildman–Crippen LogP) is 0.279. The van der Waals surface area contributed by atoms with Crippen molar-refractivity contribution in [2.75, 3.05) is 53.5 Å². The predicted molar refractivity (Wildman–Crippen MR) is 91.0 cm³/mol. The quantitative estimate of drug-likeness (QED) is 0.405. The molecule has 0 radical (unpaired) electrons. The lowest BCUT2D eigenvalue weighted by atomic mass is 10.2. The minimum absolute atomic E-state index is 0. The number of rotatable bonds is 4. The van der Waals surface area contributed by atoms with E-state index in [1.54, 1.807) is 7.05 Å². The first kappa shape index (κ1) is 17.9. The average molecular weight is 398 g/mol. The standard InChI is InChI=1S/C13H26N4O2.HI/c1-14-13(15-8-11-4-3-6-18-11)16-9-12-10-17(2)5-7-19-12;/h11-12H,3-10H2,1-2H3,(H2,14,15,16);1H. The monoisotopic (exact) mass is 398 g/mol. The van der Waals surface area contributed by atoms with Crippen LogP contribution in [0.15, 0.2) is 4.99 Å². The van der Waals surface area contributed by atoms with Gasteiger partial charge < -0.3 is 25.0 Å². The summed E-state index contributed by atoms with van der Waals surface area (Å²) >= 11 is 0. The van der Waals surface area contributed by atoms with Gasteiger partial charge in [-0.1, -0.05) is 0 Å². The fourth-order valence-corrected chi connectivity index (χ4v) is 2.44. The number of aliphatic imine (C=N–C) groups is 1. The first-order valence-corrected chi connectivity index (χ1v) is 7.14. The van der Waals surface area contributed by atoms with E-state index >= 15 is 0 Å². The summed E-state index contributed by atoms with van der Waals surface area (Å²) in [6.45, 7) is 5.30. The van der Waals surface area contributed by atoms with Crippen LogP contribution in [0.4, 0.5) is 0 Å². The molecule has 0 bridgehead atoms. The van der Waals surface area contributed by atoms with E-state index in [-0.39, 0.29) is 30.1 Å². The molecule has 2 aliphatic rings. The third-order valence-electron chi connectivity index (χ3n) is 3.58. The Hall–Kier alpha value is -0.120. The maximum Gasteiger partial charge on any atom is 0.191 e. The molecule has 0 amide bonds. The van der Waals surface area contributed by atoms with Crippen LogP contribution in [0.5, 0.6) is 0 Å². The fourth-order valence-electron chi connectivity index (χ4n) is 2.44. The molecule has 2 unspecified atom stereocenters. The number of nitrogens with one attached hydrogen (secondary N) is 2. The molecule has 0 aromatic rings. The second-order valence-electron chi connectivity index (χ2n) is 5.22. The van der Waals surface area contributed by atoms with Crippen LogP contribution in [0.2, 0.25) is 0 Å². The van der Waals surface area contributed by atoms with Crippen LogP contribution in [0.25, 0.3) is 0 Å². The van der Waals surface area contributed by atoms with Crippen LogP contribution in [-0.4, -0.2) is 76.6 Å². The molecule has 20 heavy (non-hydrogen) atoms. The van der Waals surface area contributed by atoms with Crippen LogP contribution in [-0.2, 0) is 9.47 Å². The topological polar surface area (TPSA) is 58.1 Å². The molecule has 0 saturated carbocycles. The molecule has 118 valence electrons. The molecule has 2 saturated heterocycles. The number of hydrogen-bond donors (Lipinski definition) is 2. The van der Waals surface area contributed by atoms with Crippen LogP contribution in [0.1, 0.15) is 12.8 Å². The van der Waals surface area contributed by atoms with Gasteiger partial charge in [-0.25, -0.2) is 0 Å². The second kappa shape index (κ2) is 9.75. The van der Waals surface area contributed by atoms with Crippen molar-refractivity contribution in [1.82, 2.24) is 15.5 Å². The summed E-state index contributed by atoms with van der Waals surface area (Å²) in [5, 5.41) is 6.62. The second-order valence-corrected chi connectivity index (χ2v) is 5.22. The van der Waals surface area contributed by atoms with Crippen LogP contribution in [0, 0.1) is 0 Å². The normalized spacial score (nSPS) is 28.0. The first-order valence-electron chi connectivity index (χ1n) is 7.14. The lowest BCUT2D eigenvalue weighted by molar-refractivity contribution is -0.0161. The third kappa shape index (κ3) is 6.11. The van der Waals surface area contributed by atoms with E-state index in [1.165, 1.54) is 6.42 Å². The molecule has 2 rings (SSSR count). The number of ether oxygens (including phenoxy) is 2. The van der Waals surface area contributed by atoms with E-state index in [1.807, 2.05) is 0 Å². The Bertz CT molecular complexity index is 298. The molecule has 7 heteroatoms. The van der Waals surface area contributed by atoms with Gasteiger partial charge in [0.25, 0.3) is 0 Å². The van der Waals surface area contributed by atoms with Crippen molar-refractivity contribution < 1.29 is 9.47 Å². The zero-order valence-electron chi connectivity index (χ0n) is 12.4. The lowest BCUT2D eigenvalue weighted by Crippen LogP contribution is -2.49. The maximum absolute atomic E-state index is 5.71. The summed E-state index contributed by atoms with van der Waals surface area (Å²) in [5.74, 6) is 0.826. The van der Waals surface area contributed by atoms with Crippen LogP contribution < -0.4 is 10.6 Å². The van der Waals surface area contributed by atoms with Gasteiger partial charge in [0.05, 0.1) is 18.8 Å². The van der Waals surface area contributed by atoms with E-state index in [0.717, 1.165) is 51.8 Å². The highest BCUT2D eigenvalue weighted by molar-refractivity contribution is 14.0. The van der Waals surface area contributed by atoms with Crippen molar-refractivity contribution in [2.45, 2.75) is 25.0 Å². The van der Waals surface area contributed by atoms with Gasteiger partial charge in [-0.3, -0.25) is 4.99 Å². The van der Waals surface area contributed by atoms with Gasteiger partial charge in [-0.15, -0.1) is 24.0 Å². The Labute approximate surface area is 138 Å². The molecule has 2 heterocycles. The van der Waals surface area contributed by atoms with Crippen LogP contribution in [0.3, 0.4) is 0 Å². The summed E-state index contributed by atoms with van der Waals surface area (Å²) in [5.41, 5.74) is 0. The highest BCUT2D eigenvalue weighted by atomic mass is 127. The third-order valence-corrected chi connectivity index (χ3v) is 3.58. The summed E-state index contributed by atoms with van der Waals surface area (Å²) in [4.78, 5) is 6.51. The number of morpholine rings is 1. The van der Waals surface area contributed by atoms with Gasteiger partial charge in [-0.05, 0) is 19.9 Å². The lowest BCUT2D eigenvalue weighted by Gasteiger charge is -2.30. The minimum atomic E-state index is 0. The van der Waals surface area contributed by atoms with Gasteiger partial charge in [0.2, 0.25) is 0 Å². The van der Waals surface area contributed by atoms with Crippen molar-refractivity contribution in [3.8, 4) is 0 Å². The van der Waals surface area contributed by atoms with Crippen molar-refractivity contribution in [3.63, 3.8) is 0 Å². The molecule has 2 N–H and O–H groups in total. The summed E-state index contributed by atoms with van der Waals surface area (Å²) in [6.07, 6.45) is 2.87. The number of guanidine groups is 1. The molecule has 0 spiro atoms. The van der Waals surface area contributed by atoms with E-state index in [9.17, 15) is 0 Å². The van der Waals surface area contributed by atoms with E-state index in [4.69, 9.17) is 9.47 Å².